The van der Waals surface area contributed by atoms with E-state index in [1.165, 1.54) is 18.2 Å². The van der Waals surface area contributed by atoms with Gasteiger partial charge in [-0.2, -0.15) is 13.2 Å². The van der Waals surface area contributed by atoms with Crippen molar-refractivity contribution in [3.63, 3.8) is 0 Å². The van der Waals surface area contributed by atoms with E-state index in [1.54, 1.807) is 6.07 Å². The van der Waals surface area contributed by atoms with Gasteiger partial charge in [-0.25, -0.2) is 0 Å². The molecule has 24 heavy (non-hydrogen) atoms. The summed E-state index contributed by atoms with van der Waals surface area (Å²) in [5, 5.41) is 9.74. The molecular formula is C18H16ClF3O2. The zero-order valence-electron chi connectivity index (χ0n) is 13.1. The quantitative estimate of drug-likeness (QED) is 0.704. The highest BCUT2D eigenvalue weighted by Crippen LogP contribution is 2.47. The van der Waals surface area contributed by atoms with E-state index in [0.29, 0.717) is 17.7 Å². The lowest BCUT2D eigenvalue weighted by molar-refractivity contribution is -0.137. The van der Waals surface area contributed by atoms with Gasteiger partial charge >= 0.3 is 6.18 Å². The van der Waals surface area contributed by atoms with Gasteiger partial charge in [0.15, 0.2) is 0 Å². The van der Waals surface area contributed by atoms with Crippen molar-refractivity contribution in [1.82, 2.24) is 0 Å². The molecule has 0 bridgehead atoms. The number of hydrogen-bond acceptors (Lipinski definition) is 2. The summed E-state index contributed by atoms with van der Waals surface area (Å²) in [6.07, 6.45) is -3.86. The average molecular weight is 357 g/mol. The predicted molar refractivity (Wildman–Crippen MR) is 85.7 cm³/mol. The number of fused-ring (bicyclic) bond motifs is 1. The fourth-order valence-corrected chi connectivity index (χ4v) is 3.42. The number of benzene rings is 2. The van der Waals surface area contributed by atoms with Crippen molar-refractivity contribution in [3.8, 4) is 11.5 Å². The van der Waals surface area contributed by atoms with Gasteiger partial charge in [-0.05, 0) is 44.0 Å². The van der Waals surface area contributed by atoms with Crippen LogP contribution in [-0.4, -0.2) is 10.7 Å². The lowest BCUT2D eigenvalue weighted by atomic mass is 9.80. The summed E-state index contributed by atoms with van der Waals surface area (Å²) in [5.74, 6) is 0.384. The molecule has 0 saturated heterocycles. The van der Waals surface area contributed by atoms with Crippen LogP contribution in [0.1, 0.15) is 42.9 Å². The summed E-state index contributed by atoms with van der Waals surface area (Å²) in [5.41, 5.74) is 0.118. The second kappa shape index (κ2) is 5.59. The number of alkyl halides is 3. The van der Waals surface area contributed by atoms with Gasteiger partial charge < -0.3 is 9.84 Å². The molecule has 1 N–H and O–H groups in total. The Kier molecular flexibility index (Phi) is 3.95. The van der Waals surface area contributed by atoms with Gasteiger partial charge in [-0.3, -0.25) is 0 Å². The first-order chi connectivity index (χ1) is 11.1. The predicted octanol–water partition coefficient (Wildman–Crippen LogP) is 5.76. The third-order valence-corrected chi connectivity index (χ3v) is 4.49. The van der Waals surface area contributed by atoms with E-state index in [9.17, 15) is 18.3 Å². The Morgan fingerprint density at radius 2 is 1.79 bits per heavy atom. The Labute approximate surface area is 142 Å². The third-order valence-electron chi connectivity index (χ3n) is 4.16. The Hall–Kier alpha value is -1.88. The maximum Gasteiger partial charge on any atom is 0.416 e. The summed E-state index contributed by atoms with van der Waals surface area (Å²) in [4.78, 5) is 0. The van der Waals surface area contributed by atoms with Crippen LogP contribution in [0.5, 0.6) is 11.5 Å². The summed E-state index contributed by atoms with van der Waals surface area (Å²) < 4.78 is 44.4. The Balaban J connectivity index is 2.09. The zero-order valence-corrected chi connectivity index (χ0v) is 13.9. The highest BCUT2D eigenvalue weighted by molar-refractivity contribution is 6.31. The molecule has 0 radical (unpaired) electrons. The molecule has 6 heteroatoms. The van der Waals surface area contributed by atoms with E-state index in [0.717, 1.165) is 17.7 Å². The Morgan fingerprint density at radius 1 is 1.12 bits per heavy atom. The molecule has 0 amide bonds. The van der Waals surface area contributed by atoms with E-state index in [2.05, 4.69) is 0 Å². The van der Waals surface area contributed by atoms with Gasteiger partial charge in [0.1, 0.15) is 17.1 Å². The molecule has 1 atom stereocenters. The molecular weight excluding hydrogens is 341 g/mol. The van der Waals surface area contributed by atoms with Crippen LogP contribution in [0.2, 0.25) is 5.02 Å². The smallest absolute Gasteiger partial charge is 0.416 e. The highest BCUT2D eigenvalue weighted by atomic mass is 35.5. The lowest BCUT2D eigenvalue weighted by Gasteiger charge is -2.38. The number of aromatic hydroxyl groups is 1. The van der Waals surface area contributed by atoms with Gasteiger partial charge in [0, 0.05) is 22.6 Å². The van der Waals surface area contributed by atoms with Crippen LogP contribution in [0.15, 0.2) is 36.4 Å². The number of ether oxygens (including phenoxy) is 1. The molecule has 2 aromatic rings. The number of hydrogen-bond donors (Lipinski definition) is 1. The molecule has 2 aromatic carbocycles. The van der Waals surface area contributed by atoms with E-state index < -0.39 is 17.3 Å². The zero-order chi connectivity index (χ0) is 17.7. The molecule has 3 rings (SSSR count). The van der Waals surface area contributed by atoms with E-state index >= 15 is 0 Å². The molecule has 2 nitrogen and oxygen atoms in total. The first-order valence-corrected chi connectivity index (χ1v) is 7.83. The summed E-state index contributed by atoms with van der Waals surface area (Å²) >= 11 is 6.17. The van der Waals surface area contributed by atoms with Gasteiger partial charge in [0.05, 0.1) is 5.56 Å². The van der Waals surface area contributed by atoms with Crippen LogP contribution in [-0.2, 0) is 6.18 Å². The summed E-state index contributed by atoms with van der Waals surface area (Å²) in [6.45, 7) is 3.79. The molecule has 1 aliphatic rings. The number of halogens is 4. The van der Waals surface area contributed by atoms with Gasteiger partial charge in [-0.15, -0.1) is 0 Å². The van der Waals surface area contributed by atoms with Crippen LogP contribution in [0.25, 0.3) is 0 Å². The standard InChI is InChI=1S/C18H16ClF3O2/c1-17(2)9-14(13-6-4-11(23)8-16(13)24-17)12-5-3-10(7-15(12)19)18(20,21)22/h3-8,14,23H,9H2,1-2H3. The number of rotatable bonds is 1. The normalized spacial score (nSPS) is 19.5. The van der Waals surface area contributed by atoms with Crippen molar-refractivity contribution in [2.24, 2.45) is 0 Å². The molecule has 0 spiro atoms. The maximum atomic E-state index is 12.8. The second-order valence-electron chi connectivity index (χ2n) is 6.57. The summed E-state index contributed by atoms with van der Waals surface area (Å²) in [7, 11) is 0. The molecule has 0 saturated carbocycles. The largest absolute Gasteiger partial charge is 0.508 e. The first-order valence-electron chi connectivity index (χ1n) is 7.45. The van der Waals surface area contributed by atoms with Gasteiger partial charge in [-0.1, -0.05) is 23.7 Å². The van der Waals surface area contributed by atoms with Crippen LogP contribution in [0.3, 0.4) is 0 Å². The second-order valence-corrected chi connectivity index (χ2v) is 6.98. The maximum absolute atomic E-state index is 12.8. The fourth-order valence-electron chi connectivity index (χ4n) is 3.10. The van der Waals surface area contributed by atoms with Crippen LogP contribution in [0.4, 0.5) is 13.2 Å². The highest BCUT2D eigenvalue weighted by Gasteiger charge is 2.37. The van der Waals surface area contributed by atoms with Crippen LogP contribution < -0.4 is 4.74 Å². The molecule has 1 heterocycles. The third kappa shape index (κ3) is 3.18. The van der Waals surface area contributed by atoms with Crippen molar-refractivity contribution >= 4 is 11.6 Å². The molecule has 1 aliphatic heterocycles. The van der Waals surface area contributed by atoms with E-state index in [-0.39, 0.29) is 16.7 Å². The Bertz CT molecular complexity index is 784. The Morgan fingerprint density at radius 3 is 2.42 bits per heavy atom. The number of phenolic OH excluding ortho intramolecular Hbond substituents is 1. The minimum Gasteiger partial charge on any atom is -0.508 e. The van der Waals surface area contributed by atoms with Crippen molar-refractivity contribution < 1.29 is 23.0 Å². The van der Waals surface area contributed by atoms with E-state index in [4.69, 9.17) is 16.3 Å². The molecule has 0 aliphatic carbocycles. The summed E-state index contributed by atoms with van der Waals surface area (Å²) in [6, 6.07) is 8.20. The van der Waals surface area contributed by atoms with Gasteiger partial charge in [0.25, 0.3) is 0 Å². The minimum atomic E-state index is -4.43. The molecule has 128 valence electrons. The van der Waals surface area contributed by atoms with Crippen molar-refractivity contribution in [3.05, 3.63) is 58.1 Å². The molecule has 0 aromatic heterocycles. The van der Waals surface area contributed by atoms with Gasteiger partial charge in [0.2, 0.25) is 0 Å². The van der Waals surface area contributed by atoms with Crippen LogP contribution >= 0.6 is 11.6 Å². The molecule has 0 fully saturated rings. The topological polar surface area (TPSA) is 29.5 Å². The lowest BCUT2D eigenvalue weighted by Crippen LogP contribution is -2.35. The monoisotopic (exact) mass is 356 g/mol. The molecule has 1 unspecified atom stereocenters. The van der Waals surface area contributed by atoms with Crippen molar-refractivity contribution in [1.29, 1.82) is 0 Å². The van der Waals surface area contributed by atoms with Crippen molar-refractivity contribution in [2.45, 2.75) is 38.0 Å². The first kappa shape index (κ1) is 17.0. The van der Waals surface area contributed by atoms with Crippen LogP contribution in [0, 0.1) is 0 Å². The van der Waals surface area contributed by atoms with Crippen molar-refractivity contribution in [2.75, 3.05) is 0 Å². The fraction of sp³-hybridized carbons (Fsp3) is 0.333. The SMILES string of the molecule is CC1(C)CC(c2ccc(C(F)(F)F)cc2Cl)c2ccc(O)cc2O1. The number of phenols is 1. The average Bonchev–Trinajstić information content (AvgIpc) is 2.44. The van der Waals surface area contributed by atoms with E-state index in [1.807, 2.05) is 13.8 Å². The minimum absolute atomic E-state index is 0.0729.